The molecule has 1 aromatic carbocycles. The summed E-state index contributed by atoms with van der Waals surface area (Å²) < 4.78 is 29.9. The summed E-state index contributed by atoms with van der Waals surface area (Å²) in [5.41, 5.74) is 1.05. The molecule has 0 bridgehead atoms. The van der Waals surface area contributed by atoms with E-state index >= 15 is 0 Å². The quantitative estimate of drug-likeness (QED) is 0.760. The lowest BCUT2D eigenvalue weighted by molar-refractivity contribution is 0.0696. The number of rotatable bonds is 7. The topological polar surface area (TPSA) is 117 Å². The lowest BCUT2D eigenvalue weighted by Crippen LogP contribution is -2.25. The Morgan fingerprint density at radius 2 is 1.76 bits per heavy atom. The second-order valence-electron chi connectivity index (χ2n) is 5.41. The van der Waals surface area contributed by atoms with Gasteiger partial charge in [0.25, 0.3) is 15.9 Å². The number of hydrogen-bond acceptors (Lipinski definition) is 5. The first-order chi connectivity index (χ1) is 11.7. The third-order valence-corrected chi connectivity index (χ3v) is 5.13. The van der Waals surface area contributed by atoms with Crippen molar-refractivity contribution in [1.82, 2.24) is 9.62 Å². The molecule has 0 saturated heterocycles. The zero-order chi connectivity index (χ0) is 18.6. The Balaban J connectivity index is 1.93. The summed E-state index contributed by atoms with van der Waals surface area (Å²) in [6, 6.07) is 8.85. The van der Waals surface area contributed by atoms with Crippen molar-refractivity contribution < 1.29 is 27.5 Å². The number of carbonyl (C=O) groups excluding carboxylic acids is 1. The number of nitrogens with one attached hydrogen (secondary N) is 1. The number of hydrogen-bond donors (Lipinski definition) is 2. The van der Waals surface area contributed by atoms with Crippen molar-refractivity contribution in [2.75, 3.05) is 20.6 Å². The first kappa shape index (κ1) is 18.7. The van der Waals surface area contributed by atoms with E-state index in [9.17, 15) is 18.0 Å². The van der Waals surface area contributed by atoms with Gasteiger partial charge in [-0.05, 0) is 36.2 Å². The summed E-state index contributed by atoms with van der Waals surface area (Å²) in [5, 5.41) is 11.2. The minimum Gasteiger partial charge on any atom is -0.478 e. The monoisotopic (exact) mass is 366 g/mol. The molecule has 2 N–H and O–H groups in total. The van der Waals surface area contributed by atoms with Crippen LogP contribution in [-0.4, -0.2) is 50.3 Å². The average molecular weight is 366 g/mol. The van der Waals surface area contributed by atoms with E-state index < -0.39 is 21.9 Å². The number of amides is 1. The maximum Gasteiger partial charge on any atom is 0.335 e. The number of carboxylic acids is 1. The van der Waals surface area contributed by atoms with Crippen LogP contribution in [0, 0.1) is 0 Å². The SMILES string of the molecule is CN(C)S(=O)(=O)c1ccc(C(=O)NCCc2ccc(C(=O)O)cc2)o1. The highest BCUT2D eigenvalue weighted by Crippen LogP contribution is 2.16. The Morgan fingerprint density at radius 1 is 1.12 bits per heavy atom. The van der Waals surface area contributed by atoms with Gasteiger partial charge in [-0.15, -0.1) is 0 Å². The number of carbonyl (C=O) groups is 2. The minimum absolute atomic E-state index is 0.0957. The summed E-state index contributed by atoms with van der Waals surface area (Å²) in [7, 11) is -0.989. The predicted molar refractivity (Wildman–Crippen MR) is 89.0 cm³/mol. The number of carboxylic acid groups (broad SMARTS) is 1. The lowest BCUT2D eigenvalue weighted by atomic mass is 10.1. The van der Waals surface area contributed by atoms with E-state index in [0.29, 0.717) is 13.0 Å². The van der Waals surface area contributed by atoms with Crippen molar-refractivity contribution in [2.45, 2.75) is 11.5 Å². The molecule has 9 heteroatoms. The molecular formula is C16H18N2O6S. The van der Waals surface area contributed by atoms with Gasteiger partial charge >= 0.3 is 5.97 Å². The molecule has 2 aromatic rings. The molecule has 2 rings (SSSR count). The molecule has 0 spiro atoms. The molecule has 0 aliphatic rings. The van der Waals surface area contributed by atoms with Crippen LogP contribution >= 0.6 is 0 Å². The van der Waals surface area contributed by atoms with E-state index in [1.807, 2.05) is 0 Å². The molecule has 1 aromatic heterocycles. The second kappa shape index (κ2) is 7.49. The van der Waals surface area contributed by atoms with Crippen LogP contribution in [-0.2, 0) is 16.4 Å². The second-order valence-corrected chi connectivity index (χ2v) is 7.50. The van der Waals surface area contributed by atoms with Crippen LogP contribution in [0.1, 0.15) is 26.5 Å². The fraction of sp³-hybridized carbons (Fsp3) is 0.250. The van der Waals surface area contributed by atoms with Gasteiger partial charge in [-0.2, -0.15) is 0 Å². The van der Waals surface area contributed by atoms with Crippen LogP contribution in [0.3, 0.4) is 0 Å². The molecule has 1 amide bonds. The van der Waals surface area contributed by atoms with Crippen molar-refractivity contribution in [3.05, 3.63) is 53.3 Å². The fourth-order valence-electron chi connectivity index (χ4n) is 1.98. The average Bonchev–Trinajstić information content (AvgIpc) is 3.06. The molecule has 0 atom stereocenters. The van der Waals surface area contributed by atoms with Crippen LogP contribution < -0.4 is 5.32 Å². The van der Waals surface area contributed by atoms with E-state index in [-0.39, 0.29) is 16.4 Å². The van der Waals surface area contributed by atoms with E-state index in [4.69, 9.17) is 9.52 Å². The van der Waals surface area contributed by atoms with Crippen LogP contribution in [0.5, 0.6) is 0 Å². The molecule has 8 nitrogen and oxygen atoms in total. The number of benzene rings is 1. The molecule has 1 heterocycles. The molecule has 0 fully saturated rings. The number of nitrogens with zero attached hydrogens (tertiary/aromatic N) is 1. The van der Waals surface area contributed by atoms with Gasteiger partial charge < -0.3 is 14.8 Å². The number of furan rings is 1. The predicted octanol–water partition coefficient (Wildman–Crippen LogP) is 1.20. The van der Waals surface area contributed by atoms with Gasteiger partial charge in [-0.25, -0.2) is 17.5 Å². The summed E-state index contributed by atoms with van der Waals surface area (Å²) >= 11 is 0. The van der Waals surface area contributed by atoms with E-state index in [0.717, 1.165) is 9.87 Å². The van der Waals surface area contributed by atoms with Gasteiger partial charge in [0, 0.05) is 20.6 Å². The van der Waals surface area contributed by atoms with Gasteiger partial charge in [-0.3, -0.25) is 4.79 Å². The Bertz CT molecular complexity index is 868. The van der Waals surface area contributed by atoms with Gasteiger partial charge in [0.2, 0.25) is 5.09 Å². The van der Waals surface area contributed by atoms with E-state index in [1.54, 1.807) is 12.1 Å². The maximum absolute atomic E-state index is 12.0. The first-order valence-corrected chi connectivity index (χ1v) is 8.78. The fourth-order valence-corrected chi connectivity index (χ4v) is 2.78. The first-order valence-electron chi connectivity index (χ1n) is 7.34. The van der Waals surface area contributed by atoms with E-state index in [1.165, 1.54) is 38.4 Å². The molecule has 134 valence electrons. The van der Waals surface area contributed by atoms with Crippen LogP contribution in [0.2, 0.25) is 0 Å². The minimum atomic E-state index is -3.73. The van der Waals surface area contributed by atoms with Crippen molar-refractivity contribution in [3.63, 3.8) is 0 Å². The summed E-state index contributed by atoms with van der Waals surface area (Å²) in [5.74, 6) is -1.62. The molecule has 0 unspecified atom stereocenters. The third-order valence-electron chi connectivity index (χ3n) is 3.44. The zero-order valence-electron chi connectivity index (χ0n) is 13.7. The Hall–Kier alpha value is -2.65. The maximum atomic E-state index is 12.0. The smallest absolute Gasteiger partial charge is 0.335 e. The van der Waals surface area contributed by atoms with Crippen molar-refractivity contribution in [1.29, 1.82) is 0 Å². The third kappa shape index (κ3) is 4.46. The number of aromatic carboxylic acids is 1. The van der Waals surface area contributed by atoms with Gasteiger partial charge in [0.1, 0.15) is 0 Å². The van der Waals surface area contributed by atoms with Crippen LogP contribution in [0.25, 0.3) is 0 Å². The van der Waals surface area contributed by atoms with E-state index in [2.05, 4.69) is 5.32 Å². The largest absolute Gasteiger partial charge is 0.478 e. The molecule has 0 aliphatic heterocycles. The zero-order valence-corrected chi connectivity index (χ0v) is 14.5. The summed E-state index contributed by atoms with van der Waals surface area (Å²) in [6.45, 7) is 0.293. The van der Waals surface area contributed by atoms with Crippen molar-refractivity contribution in [3.8, 4) is 0 Å². The molecule has 0 saturated carbocycles. The highest BCUT2D eigenvalue weighted by atomic mass is 32.2. The summed E-state index contributed by atoms with van der Waals surface area (Å²) in [6.07, 6.45) is 0.495. The molecule has 0 radical (unpaired) electrons. The lowest BCUT2D eigenvalue weighted by Gasteiger charge is -2.08. The van der Waals surface area contributed by atoms with Gasteiger partial charge in [0.05, 0.1) is 5.56 Å². The highest BCUT2D eigenvalue weighted by Gasteiger charge is 2.23. The van der Waals surface area contributed by atoms with Crippen molar-refractivity contribution in [2.24, 2.45) is 0 Å². The summed E-state index contributed by atoms with van der Waals surface area (Å²) in [4.78, 5) is 22.8. The standard InChI is InChI=1S/C16H18N2O6S/c1-18(2)25(22,23)14-8-7-13(24-14)15(19)17-10-9-11-3-5-12(6-4-11)16(20)21/h3-8H,9-10H2,1-2H3,(H,17,19)(H,20,21). The van der Waals surface area contributed by atoms with Gasteiger partial charge in [-0.1, -0.05) is 12.1 Å². The highest BCUT2D eigenvalue weighted by molar-refractivity contribution is 7.88. The van der Waals surface area contributed by atoms with Gasteiger partial charge in [0.15, 0.2) is 5.76 Å². The normalized spacial score (nSPS) is 11.5. The number of sulfonamides is 1. The Labute approximate surface area is 145 Å². The molecular weight excluding hydrogens is 348 g/mol. The van der Waals surface area contributed by atoms with Crippen LogP contribution in [0.15, 0.2) is 45.9 Å². The molecule has 0 aliphatic carbocycles. The Kier molecular flexibility index (Phi) is 5.60. The Morgan fingerprint density at radius 3 is 2.32 bits per heavy atom. The van der Waals surface area contributed by atoms with Crippen LogP contribution in [0.4, 0.5) is 0 Å². The molecule has 25 heavy (non-hydrogen) atoms. The van der Waals surface area contributed by atoms with Crippen molar-refractivity contribution >= 4 is 21.9 Å².